The van der Waals surface area contributed by atoms with E-state index in [1.54, 1.807) is 18.5 Å². The third kappa shape index (κ3) is 2.04. The number of aromatic nitrogens is 1. The first-order chi connectivity index (χ1) is 8.27. The number of rotatable bonds is 2. The van der Waals surface area contributed by atoms with Gasteiger partial charge in [0, 0.05) is 12.1 Å². The SMILES string of the molecule is O=C(Nc1cnccc1Cl)C1C2CCCCC21. The lowest BCUT2D eigenvalue weighted by molar-refractivity contribution is -0.117. The molecule has 1 heterocycles. The molecule has 1 amide bonds. The second-order valence-electron chi connectivity index (χ2n) is 4.98. The Hall–Kier alpha value is -1.09. The van der Waals surface area contributed by atoms with Crippen LogP contribution < -0.4 is 5.32 Å². The molecule has 90 valence electrons. The summed E-state index contributed by atoms with van der Waals surface area (Å²) in [6.45, 7) is 0. The molecule has 3 nitrogen and oxygen atoms in total. The highest BCUT2D eigenvalue weighted by atomic mass is 35.5. The number of carbonyl (C=O) groups is 1. The van der Waals surface area contributed by atoms with E-state index in [2.05, 4.69) is 10.3 Å². The fourth-order valence-electron chi connectivity index (χ4n) is 3.07. The standard InChI is InChI=1S/C13H15ClN2O/c14-10-5-6-15-7-11(10)16-13(17)12-8-3-1-2-4-9(8)12/h5-9,12H,1-4H2,(H,16,17). The quantitative estimate of drug-likeness (QED) is 0.876. The van der Waals surface area contributed by atoms with E-state index < -0.39 is 0 Å². The largest absolute Gasteiger partial charge is 0.323 e. The Labute approximate surface area is 106 Å². The summed E-state index contributed by atoms with van der Waals surface area (Å²) < 4.78 is 0. The molecule has 0 radical (unpaired) electrons. The van der Waals surface area contributed by atoms with Gasteiger partial charge >= 0.3 is 0 Å². The van der Waals surface area contributed by atoms with Crippen molar-refractivity contribution in [2.75, 3.05) is 5.32 Å². The van der Waals surface area contributed by atoms with Crippen LogP contribution in [-0.4, -0.2) is 10.9 Å². The first kappa shape index (κ1) is 11.0. The van der Waals surface area contributed by atoms with Crippen LogP contribution in [0.4, 0.5) is 5.69 Å². The molecule has 3 rings (SSSR count). The highest BCUT2D eigenvalue weighted by Gasteiger charge is 2.54. The Morgan fingerprint density at radius 2 is 2.06 bits per heavy atom. The zero-order chi connectivity index (χ0) is 11.8. The average molecular weight is 251 g/mol. The van der Waals surface area contributed by atoms with Crippen molar-refractivity contribution in [1.29, 1.82) is 0 Å². The van der Waals surface area contributed by atoms with Crippen LogP contribution in [0.3, 0.4) is 0 Å². The minimum Gasteiger partial charge on any atom is -0.323 e. The summed E-state index contributed by atoms with van der Waals surface area (Å²) in [7, 11) is 0. The lowest BCUT2D eigenvalue weighted by Gasteiger charge is -2.05. The van der Waals surface area contributed by atoms with Gasteiger partial charge in [-0.15, -0.1) is 0 Å². The van der Waals surface area contributed by atoms with Crippen molar-refractivity contribution in [2.24, 2.45) is 17.8 Å². The third-order valence-electron chi connectivity index (χ3n) is 3.98. The van der Waals surface area contributed by atoms with Gasteiger partial charge in [-0.2, -0.15) is 0 Å². The number of hydrogen-bond acceptors (Lipinski definition) is 2. The maximum Gasteiger partial charge on any atom is 0.228 e. The van der Waals surface area contributed by atoms with Crippen LogP contribution in [0.1, 0.15) is 25.7 Å². The highest BCUT2D eigenvalue weighted by molar-refractivity contribution is 6.33. The molecule has 2 aliphatic rings. The Bertz CT molecular complexity index is 437. The Kier molecular flexibility index (Phi) is 2.79. The van der Waals surface area contributed by atoms with E-state index in [9.17, 15) is 4.79 Å². The van der Waals surface area contributed by atoms with Crippen LogP contribution in [0.2, 0.25) is 5.02 Å². The maximum absolute atomic E-state index is 12.1. The summed E-state index contributed by atoms with van der Waals surface area (Å²) in [6, 6.07) is 1.69. The van der Waals surface area contributed by atoms with Gasteiger partial charge < -0.3 is 5.32 Å². The summed E-state index contributed by atoms with van der Waals surface area (Å²) in [5, 5.41) is 3.45. The number of nitrogens with zero attached hydrogens (tertiary/aromatic N) is 1. The Balaban J connectivity index is 1.67. The van der Waals surface area contributed by atoms with Gasteiger partial charge in [-0.05, 0) is 30.7 Å². The van der Waals surface area contributed by atoms with E-state index in [0.29, 0.717) is 22.5 Å². The Morgan fingerprint density at radius 3 is 2.71 bits per heavy atom. The summed E-state index contributed by atoms with van der Waals surface area (Å²) >= 11 is 5.99. The van der Waals surface area contributed by atoms with Gasteiger partial charge in [0.1, 0.15) is 0 Å². The van der Waals surface area contributed by atoms with Gasteiger partial charge in [-0.1, -0.05) is 24.4 Å². The smallest absolute Gasteiger partial charge is 0.228 e. The van der Waals surface area contributed by atoms with Crippen LogP contribution in [0.5, 0.6) is 0 Å². The van der Waals surface area contributed by atoms with Crippen molar-refractivity contribution in [1.82, 2.24) is 4.98 Å². The van der Waals surface area contributed by atoms with E-state index in [1.165, 1.54) is 25.7 Å². The monoisotopic (exact) mass is 250 g/mol. The molecule has 0 saturated heterocycles. The zero-order valence-corrected chi connectivity index (χ0v) is 10.3. The highest BCUT2D eigenvalue weighted by Crippen LogP contribution is 2.55. The molecular formula is C13H15ClN2O. The summed E-state index contributed by atoms with van der Waals surface area (Å²) in [5.41, 5.74) is 0.628. The van der Waals surface area contributed by atoms with Gasteiger partial charge in [-0.25, -0.2) is 0 Å². The molecular weight excluding hydrogens is 236 g/mol. The first-order valence-electron chi connectivity index (χ1n) is 6.18. The molecule has 4 heteroatoms. The fraction of sp³-hybridized carbons (Fsp3) is 0.538. The molecule has 0 bridgehead atoms. The van der Waals surface area contributed by atoms with Crippen molar-refractivity contribution in [3.05, 3.63) is 23.5 Å². The molecule has 2 unspecified atom stereocenters. The second kappa shape index (κ2) is 4.30. The van der Waals surface area contributed by atoms with Crippen molar-refractivity contribution in [3.8, 4) is 0 Å². The van der Waals surface area contributed by atoms with Crippen molar-refractivity contribution < 1.29 is 4.79 Å². The van der Waals surface area contributed by atoms with Crippen LogP contribution in [0.15, 0.2) is 18.5 Å². The normalized spacial score (nSPS) is 30.5. The molecule has 2 atom stereocenters. The van der Waals surface area contributed by atoms with Crippen LogP contribution in [-0.2, 0) is 4.79 Å². The van der Waals surface area contributed by atoms with Crippen LogP contribution >= 0.6 is 11.6 Å². The van der Waals surface area contributed by atoms with Crippen molar-refractivity contribution >= 4 is 23.2 Å². The molecule has 2 fully saturated rings. The molecule has 1 aromatic rings. The fourth-order valence-corrected chi connectivity index (χ4v) is 3.22. The maximum atomic E-state index is 12.1. The first-order valence-corrected chi connectivity index (χ1v) is 6.55. The predicted octanol–water partition coefficient (Wildman–Crippen LogP) is 3.11. The molecule has 0 aromatic carbocycles. The Morgan fingerprint density at radius 1 is 1.35 bits per heavy atom. The van der Waals surface area contributed by atoms with E-state index in [0.717, 1.165) is 0 Å². The summed E-state index contributed by atoms with van der Waals surface area (Å²) in [6.07, 6.45) is 8.20. The molecule has 1 N–H and O–H groups in total. The zero-order valence-electron chi connectivity index (χ0n) is 9.53. The number of halogens is 1. The topological polar surface area (TPSA) is 42.0 Å². The van der Waals surface area contributed by atoms with Gasteiger partial charge in [0.25, 0.3) is 0 Å². The molecule has 0 spiro atoms. The number of pyridine rings is 1. The number of anilines is 1. The number of carbonyl (C=O) groups excluding carboxylic acids is 1. The molecule has 2 saturated carbocycles. The molecule has 2 aliphatic carbocycles. The van der Waals surface area contributed by atoms with E-state index in [4.69, 9.17) is 11.6 Å². The number of fused-ring (bicyclic) bond motifs is 1. The van der Waals surface area contributed by atoms with Crippen molar-refractivity contribution in [3.63, 3.8) is 0 Å². The van der Waals surface area contributed by atoms with E-state index >= 15 is 0 Å². The van der Waals surface area contributed by atoms with E-state index in [1.807, 2.05) is 0 Å². The molecule has 1 aromatic heterocycles. The minimum atomic E-state index is 0.122. The lowest BCUT2D eigenvalue weighted by Crippen LogP contribution is -2.15. The number of hydrogen-bond donors (Lipinski definition) is 1. The average Bonchev–Trinajstić information content (AvgIpc) is 3.06. The predicted molar refractivity (Wildman–Crippen MR) is 66.8 cm³/mol. The number of nitrogens with one attached hydrogen (secondary N) is 1. The second-order valence-corrected chi connectivity index (χ2v) is 5.39. The number of amides is 1. The van der Waals surface area contributed by atoms with Gasteiger partial charge in [0.15, 0.2) is 0 Å². The van der Waals surface area contributed by atoms with Crippen LogP contribution in [0.25, 0.3) is 0 Å². The minimum absolute atomic E-state index is 0.122. The third-order valence-corrected chi connectivity index (χ3v) is 4.31. The molecule has 17 heavy (non-hydrogen) atoms. The molecule has 0 aliphatic heterocycles. The lowest BCUT2D eigenvalue weighted by atomic mass is 10.0. The summed E-state index contributed by atoms with van der Waals surface area (Å²) in [5.74, 6) is 1.59. The van der Waals surface area contributed by atoms with Gasteiger partial charge in [-0.3, -0.25) is 9.78 Å². The van der Waals surface area contributed by atoms with Crippen LogP contribution in [0, 0.1) is 17.8 Å². The van der Waals surface area contributed by atoms with Gasteiger partial charge in [0.2, 0.25) is 5.91 Å². The van der Waals surface area contributed by atoms with E-state index in [-0.39, 0.29) is 11.8 Å². The summed E-state index contributed by atoms with van der Waals surface area (Å²) in [4.78, 5) is 16.1. The van der Waals surface area contributed by atoms with Gasteiger partial charge in [0.05, 0.1) is 16.9 Å². The van der Waals surface area contributed by atoms with Crippen molar-refractivity contribution in [2.45, 2.75) is 25.7 Å².